The van der Waals surface area contributed by atoms with Crippen molar-refractivity contribution in [3.05, 3.63) is 0 Å². The normalized spacial score (nSPS) is 52.1. The van der Waals surface area contributed by atoms with Crippen LogP contribution in [0, 0.1) is 46.3 Å². The number of nitrogens with two attached hydrogens (primary N) is 1. The smallest absolute Gasteiger partial charge is 0.238 e. The number of carbonyl (C=O) groups excluding carboxylic acids is 1. The van der Waals surface area contributed by atoms with Crippen LogP contribution in [0.3, 0.4) is 0 Å². The first-order chi connectivity index (χ1) is 11.4. The molecule has 0 saturated heterocycles. The second-order valence-electron chi connectivity index (χ2n) is 9.68. The molecule has 5 heteroatoms. The summed E-state index contributed by atoms with van der Waals surface area (Å²) in [5, 5.41) is 23.1. The second kappa shape index (κ2) is 4.74. The van der Waals surface area contributed by atoms with Gasteiger partial charge in [-0.15, -0.1) is 0 Å². The van der Waals surface area contributed by atoms with Crippen LogP contribution < -0.4 is 11.1 Å². The Morgan fingerprint density at radius 3 is 2.42 bits per heavy atom. The quantitative estimate of drug-likeness (QED) is 0.708. The number of nitrogens with one attached hydrogen (secondary N) is 1. The largest absolute Gasteiger partial charge is 0.390 e. The molecule has 0 aromatic heterocycles. The summed E-state index contributed by atoms with van der Waals surface area (Å²) in [5.41, 5.74) is 5.56. The maximum Gasteiger partial charge on any atom is 0.238 e. The zero-order valence-corrected chi connectivity index (χ0v) is 14.1. The Labute approximate surface area is 143 Å². The predicted molar refractivity (Wildman–Crippen MR) is 87.3 cm³/mol. The van der Waals surface area contributed by atoms with Gasteiger partial charge in [0.1, 0.15) is 6.04 Å². The maximum absolute atomic E-state index is 12.8. The molecule has 5 nitrogen and oxygen atoms in total. The van der Waals surface area contributed by atoms with Crippen molar-refractivity contribution >= 4 is 5.91 Å². The minimum Gasteiger partial charge on any atom is -0.390 e. The van der Waals surface area contributed by atoms with Gasteiger partial charge in [0.15, 0.2) is 0 Å². The Morgan fingerprint density at radius 2 is 1.92 bits per heavy atom. The first-order valence-electron chi connectivity index (χ1n) is 9.59. The van der Waals surface area contributed by atoms with Gasteiger partial charge in [-0.1, -0.05) is 0 Å². The van der Waals surface area contributed by atoms with Crippen molar-refractivity contribution in [2.75, 3.05) is 0 Å². The van der Waals surface area contributed by atoms with Gasteiger partial charge in [0.25, 0.3) is 0 Å². The molecule has 6 fully saturated rings. The lowest BCUT2D eigenvalue weighted by Crippen LogP contribution is -2.64. The number of carbonyl (C=O) groups is 1. The average molecular weight is 329 g/mol. The van der Waals surface area contributed by atoms with Crippen LogP contribution in [-0.2, 0) is 4.79 Å². The molecule has 24 heavy (non-hydrogen) atoms. The van der Waals surface area contributed by atoms with Gasteiger partial charge in [0.2, 0.25) is 5.91 Å². The monoisotopic (exact) mass is 329 g/mol. The van der Waals surface area contributed by atoms with Crippen molar-refractivity contribution in [3.63, 3.8) is 0 Å². The Bertz CT molecular complexity index is 605. The van der Waals surface area contributed by atoms with E-state index in [4.69, 9.17) is 5.73 Å². The number of nitriles is 1. The summed E-state index contributed by atoms with van der Waals surface area (Å²) in [6, 6.07) is 1.24. The maximum atomic E-state index is 12.8. The molecule has 6 rings (SSSR count). The van der Waals surface area contributed by atoms with E-state index in [0.717, 1.165) is 43.9 Å². The molecule has 4 unspecified atom stereocenters. The molecule has 130 valence electrons. The van der Waals surface area contributed by atoms with Crippen molar-refractivity contribution < 1.29 is 9.90 Å². The highest BCUT2D eigenvalue weighted by molar-refractivity contribution is 5.83. The van der Waals surface area contributed by atoms with Crippen LogP contribution in [-0.4, -0.2) is 28.7 Å². The fraction of sp³-hybridized carbons (Fsp3) is 0.895. The molecule has 0 spiro atoms. The minimum absolute atomic E-state index is 0.179. The first-order valence-corrected chi connectivity index (χ1v) is 9.59. The molecule has 0 heterocycles. The van der Waals surface area contributed by atoms with E-state index in [1.54, 1.807) is 0 Å². The lowest BCUT2D eigenvalue weighted by molar-refractivity contribution is -0.174. The number of fused-ring (bicyclic) bond motifs is 1. The lowest BCUT2D eigenvalue weighted by atomic mass is 9.46. The Hall–Kier alpha value is -1.12. The molecule has 0 radical (unpaired) electrons. The van der Waals surface area contributed by atoms with E-state index in [-0.39, 0.29) is 11.3 Å². The van der Waals surface area contributed by atoms with Gasteiger partial charge in [-0.05, 0) is 86.4 Å². The molecule has 4 N–H and O–H groups in total. The van der Waals surface area contributed by atoms with Crippen LogP contribution in [0.2, 0.25) is 0 Å². The number of hydrogen-bond acceptors (Lipinski definition) is 4. The summed E-state index contributed by atoms with van der Waals surface area (Å²) >= 11 is 0. The topological polar surface area (TPSA) is 99.1 Å². The highest BCUT2D eigenvalue weighted by atomic mass is 16.3. The van der Waals surface area contributed by atoms with E-state index in [0.29, 0.717) is 24.2 Å². The molecule has 6 aliphatic rings. The molecular weight excluding hydrogens is 302 g/mol. The van der Waals surface area contributed by atoms with Crippen molar-refractivity contribution in [2.45, 2.75) is 69.1 Å². The third-order valence-electron chi connectivity index (χ3n) is 7.85. The van der Waals surface area contributed by atoms with Crippen LogP contribution in [0.5, 0.6) is 0 Å². The lowest BCUT2D eigenvalue weighted by Gasteiger charge is -2.61. The number of hydrogen-bond donors (Lipinski definition) is 3. The van der Waals surface area contributed by atoms with Gasteiger partial charge >= 0.3 is 0 Å². The van der Waals surface area contributed by atoms with Crippen LogP contribution in [0.25, 0.3) is 0 Å². The van der Waals surface area contributed by atoms with Gasteiger partial charge in [-0.25, -0.2) is 0 Å². The number of nitrogens with zero attached hydrogens (tertiary/aromatic N) is 1. The summed E-state index contributed by atoms with van der Waals surface area (Å²) in [4.78, 5) is 12.8. The van der Waals surface area contributed by atoms with E-state index >= 15 is 0 Å². The second-order valence-corrected chi connectivity index (χ2v) is 9.68. The third-order valence-corrected chi connectivity index (χ3v) is 7.85. The van der Waals surface area contributed by atoms with Gasteiger partial charge in [0, 0.05) is 0 Å². The average Bonchev–Trinajstić information content (AvgIpc) is 3.39. The molecule has 7 atom stereocenters. The summed E-state index contributed by atoms with van der Waals surface area (Å²) in [6.45, 7) is 0. The summed E-state index contributed by atoms with van der Waals surface area (Å²) in [5.74, 6) is 3.18. The summed E-state index contributed by atoms with van der Waals surface area (Å²) < 4.78 is 0. The Morgan fingerprint density at radius 1 is 1.25 bits per heavy atom. The fourth-order valence-corrected chi connectivity index (χ4v) is 6.87. The predicted octanol–water partition coefficient (Wildman–Crippen LogP) is 1.31. The standard InChI is InChI=1S/C19H27N3O2/c20-8-12(2-13-14-3-15(13)14)22-17(23)16(21)18-4-10-1-11(5-18)7-19(24,6-10)9-18/h10-16,24H,1-7,9,21H2,(H,22,23)/t10?,11?,12-,13?,14+,15?,16+,18?,19?/m0/s1. The number of aliphatic hydroxyl groups is 1. The first kappa shape index (κ1) is 15.2. The zero-order chi connectivity index (χ0) is 16.7. The zero-order valence-electron chi connectivity index (χ0n) is 14.1. The molecule has 0 aromatic rings. The fourth-order valence-electron chi connectivity index (χ4n) is 6.87. The van der Waals surface area contributed by atoms with E-state index in [1.807, 2.05) is 0 Å². The van der Waals surface area contributed by atoms with Crippen molar-refractivity contribution in [1.29, 1.82) is 5.26 Å². The van der Waals surface area contributed by atoms with Gasteiger partial charge in [0.05, 0.1) is 17.7 Å². The van der Waals surface area contributed by atoms with E-state index in [1.165, 1.54) is 12.8 Å². The molecule has 6 aliphatic carbocycles. The molecule has 4 bridgehead atoms. The van der Waals surface area contributed by atoms with Gasteiger partial charge in [-0.2, -0.15) is 5.26 Å². The Kier molecular flexibility index (Phi) is 2.99. The SMILES string of the molecule is N#C[C@H](CC1C2C[C@@H]21)NC(=O)[C@@H](N)C12CC3CC(CC(O)(C3)C1)C2. The van der Waals surface area contributed by atoms with Crippen molar-refractivity contribution in [1.82, 2.24) is 5.32 Å². The molecule has 6 saturated carbocycles. The van der Waals surface area contributed by atoms with E-state index in [9.17, 15) is 15.2 Å². The van der Waals surface area contributed by atoms with Crippen LogP contribution in [0.1, 0.15) is 51.4 Å². The summed E-state index contributed by atoms with van der Waals surface area (Å²) in [6.07, 6.45) is 7.63. The summed E-state index contributed by atoms with van der Waals surface area (Å²) in [7, 11) is 0. The number of amides is 1. The molecule has 1 amide bonds. The Balaban J connectivity index is 1.27. The molecular formula is C19H27N3O2. The highest BCUT2D eigenvalue weighted by Crippen LogP contribution is 2.69. The van der Waals surface area contributed by atoms with E-state index < -0.39 is 17.7 Å². The van der Waals surface area contributed by atoms with Gasteiger partial charge in [-0.3, -0.25) is 4.79 Å². The number of rotatable bonds is 5. The minimum atomic E-state index is -0.605. The van der Waals surface area contributed by atoms with E-state index in [2.05, 4.69) is 11.4 Å². The van der Waals surface area contributed by atoms with Gasteiger partial charge < -0.3 is 16.2 Å². The molecule has 0 aromatic carbocycles. The van der Waals surface area contributed by atoms with Crippen molar-refractivity contribution in [2.24, 2.45) is 40.7 Å². The highest BCUT2D eigenvalue weighted by Gasteiger charge is 2.64. The van der Waals surface area contributed by atoms with Crippen LogP contribution in [0.15, 0.2) is 0 Å². The van der Waals surface area contributed by atoms with Crippen LogP contribution >= 0.6 is 0 Å². The molecule has 0 aliphatic heterocycles. The van der Waals surface area contributed by atoms with Crippen molar-refractivity contribution in [3.8, 4) is 6.07 Å². The van der Waals surface area contributed by atoms with Crippen LogP contribution in [0.4, 0.5) is 0 Å². The third kappa shape index (κ3) is 2.23.